The van der Waals surface area contributed by atoms with Crippen LogP contribution in [0.1, 0.15) is 24.8 Å². The third-order valence-electron chi connectivity index (χ3n) is 3.82. The summed E-state index contributed by atoms with van der Waals surface area (Å²) in [5.74, 6) is -0.183. The Morgan fingerprint density at radius 2 is 2.13 bits per heavy atom. The average Bonchev–Trinajstić information content (AvgIpc) is 2.94. The van der Waals surface area contributed by atoms with Gasteiger partial charge in [-0.1, -0.05) is 30.4 Å². The first-order valence-electron chi connectivity index (χ1n) is 7.41. The summed E-state index contributed by atoms with van der Waals surface area (Å²) in [5, 5.41) is 0. The Bertz CT molecular complexity index is 705. The first-order valence-corrected chi connectivity index (χ1v) is 8.21. The van der Waals surface area contributed by atoms with E-state index in [9.17, 15) is 9.18 Å². The molecule has 5 heteroatoms. The van der Waals surface area contributed by atoms with Gasteiger partial charge in [0.1, 0.15) is 11.6 Å². The van der Waals surface area contributed by atoms with E-state index in [1.54, 1.807) is 19.1 Å². The lowest BCUT2D eigenvalue weighted by Gasteiger charge is -2.38. The van der Waals surface area contributed by atoms with Gasteiger partial charge in [0.2, 0.25) is 0 Å². The van der Waals surface area contributed by atoms with Crippen molar-refractivity contribution in [2.45, 2.75) is 23.8 Å². The lowest BCUT2D eigenvalue weighted by Crippen LogP contribution is -2.37. The molecular formula is C18H16BrFO3. The number of hydrogen-bond acceptors (Lipinski definition) is 3. The maximum absolute atomic E-state index is 13.2. The zero-order valence-electron chi connectivity index (χ0n) is 12.6. The number of allylic oxidation sites excluding steroid dienone is 3. The van der Waals surface area contributed by atoms with Crippen LogP contribution in [0, 0.1) is 5.82 Å². The summed E-state index contributed by atoms with van der Waals surface area (Å²) >= 11 is 3.59. The summed E-state index contributed by atoms with van der Waals surface area (Å²) in [6.45, 7) is 2.08. The average molecular weight is 379 g/mol. The van der Waals surface area contributed by atoms with Crippen LogP contribution < -0.4 is 0 Å². The number of rotatable bonds is 4. The van der Waals surface area contributed by atoms with Crippen molar-refractivity contribution >= 4 is 21.9 Å². The standard InChI is InChI=1S/C18H16BrFO3/c1-2-22-17(21)11-18(19)15(12-6-8-14(20)9-7-12)10-13-4-3-5-16(13)23-18/h3-10,15H,2,11H2,1H3. The highest BCUT2D eigenvalue weighted by Crippen LogP contribution is 2.48. The number of halogens is 2. The van der Waals surface area contributed by atoms with Gasteiger partial charge in [-0.3, -0.25) is 4.79 Å². The maximum atomic E-state index is 13.2. The number of esters is 1. The Morgan fingerprint density at radius 1 is 1.39 bits per heavy atom. The van der Waals surface area contributed by atoms with Gasteiger partial charge in [0, 0.05) is 5.57 Å². The van der Waals surface area contributed by atoms with Gasteiger partial charge in [0.25, 0.3) is 0 Å². The van der Waals surface area contributed by atoms with Crippen molar-refractivity contribution in [2.24, 2.45) is 0 Å². The fourth-order valence-electron chi connectivity index (χ4n) is 2.77. The normalized spacial score (nSPS) is 25.3. The molecule has 1 aliphatic carbocycles. The van der Waals surface area contributed by atoms with Crippen LogP contribution in [0.15, 0.2) is 59.9 Å². The molecule has 23 heavy (non-hydrogen) atoms. The van der Waals surface area contributed by atoms with Gasteiger partial charge in [-0.2, -0.15) is 0 Å². The van der Waals surface area contributed by atoms with Crippen LogP contribution in [-0.4, -0.2) is 17.1 Å². The van der Waals surface area contributed by atoms with Crippen molar-refractivity contribution in [3.63, 3.8) is 0 Å². The summed E-state index contributed by atoms with van der Waals surface area (Å²) in [6, 6.07) is 6.22. The minimum Gasteiger partial charge on any atom is -0.474 e. The number of alkyl halides is 1. The smallest absolute Gasteiger partial charge is 0.310 e. The predicted octanol–water partition coefficient (Wildman–Crippen LogP) is 4.36. The highest BCUT2D eigenvalue weighted by molar-refractivity contribution is 9.10. The van der Waals surface area contributed by atoms with Crippen LogP contribution in [0.2, 0.25) is 0 Å². The van der Waals surface area contributed by atoms with Gasteiger partial charge >= 0.3 is 5.97 Å². The summed E-state index contributed by atoms with van der Waals surface area (Å²) < 4.78 is 23.4. The van der Waals surface area contributed by atoms with Gasteiger partial charge in [-0.15, -0.1) is 0 Å². The third kappa shape index (κ3) is 3.24. The van der Waals surface area contributed by atoms with Crippen LogP contribution in [-0.2, 0) is 14.3 Å². The molecule has 3 rings (SSSR count). The largest absolute Gasteiger partial charge is 0.474 e. The molecule has 1 aliphatic heterocycles. The molecule has 0 N–H and O–H groups in total. The van der Waals surface area contributed by atoms with E-state index in [0.717, 1.165) is 11.1 Å². The molecule has 0 bridgehead atoms. The number of hydrogen-bond donors (Lipinski definition) is 0. The second-order valence-electron chi connectivity index (χ2n) is 5.41. The van der Waals surface area contributed by atoms with Crippen molar-refractivity contribution in [3.05, 3.63) is 71.3 Å². The zero-order valence-corrected chi connectivity index (χ0v) is 14.2. The summed E-state index contributed by atoms with van der Waals surface area (Å²) in [5.41, 5.74) is 1.82. The van der Waals surface area contributed by atoms with Gasteiger partial charge < -0.3 is 9.47 Å². The molecule has 0 amide bonds. The molecule has 2 atom stereocenters. The molecule has 1 heterocycles. The van der Waals surface area contributed by atoms with E-state index in [4.69, 9.17) is 9.47 Å². The Hall–Kier alpha value is -1.88. The van der Waals surface area contributed by atoms with Crippen molar-refractivity contribution in [3.8, 4) is 0 Å². The molecule has 2 unspecified atom stereocenters. The Morgan fingerprint density at radius 3 is 2.83 bits per heavy atom. The number of fused-ring (bicyclic) bond motifs is 1. The van der Waals surface area contributed by atoms with Crippen molar-refractivity contribution in [2.75, 3.05) is 6.61 Å². The molecule has 1 aromatic carbocycles. The van der Waals surface area contributed by atoms with Crippen LogP contribution in [0.5, 0.6) is 0 Å². The molecule has 0 fully saturated rings. The third-order valence-corrected chi connectivity index (χ3v) is 4.75. The Kier molecular flexibility index (Phi) is 4.39. The zero-order chi connectivity index (χ0) is 16.4. The van der Waals surface area contributed by atoms with E-state index < -0.39 is 4.51 Å². The second kappa shape index (κ2) is 6.32. The van der Waals surface area contributed by atoms with Crippen LogP contribution in [0.3, 0.4) is 0 Å². The van der Waals surface area contributed by atoms with Crippen molar-refractivity contribution in [1.82, 2.24) is 0 Å². The van der Waals surface area contributed by atoms with E-state index in [-0.39, 0.29) is 24.1 Å². The van der Waals surface area contributed by atoms with E-state index in [2.05, 4.69) is 15.9 Å². The molecule has 3 nitrogen and oxygen atoms in total. The molecule has 0 spiro atoms. The van der Waals surface area contributed by atoms with Gasteiger partial charge in [0.15, 0.2) is 4.51 Å². The molecule has 0 saturated carbocycles. The number of carbonyl (C=O) groups is 1. The maximum Gasteiger partial charge on any atom is 0.310 e. The quantitative estimate of drug-likeness (QED) is 0.576. The lowest BCUT2D eigenvalue weighted by molar-refractivity contribution is -0.146. The predicted molar refractivity (Wildman–Crippen MR) is 88.4 cm³/mol. The minimum atomic E-state index is -0.960. The van der Waals surface area contributed by atoms with E-state index >= 15 is 0 Å². The van der Waals surface area contributed by atoms with Crippen LogP contribution in [0.25, 0.3) is 0 Å². The molecule has 1 aromatic rings. The van der Waals surface area contributed by atoms with E-state index in [1.165, 1.54) is 12.1 Å². The second-order valence-corrected chi connectivity index (χ2v) is 6.75. The Labute approximate surface area is 142 Å². The highest BCUT2D eigenvalue weighted by Gasteiger charge is 2.45. The van der Waals surface area contributed by atoms with Crippen LogP contribution >= 0.6 is 15.9 Å². The summed E-state index contributed by atoms with van der Waals surface area (Å²) in [4.78, 5) is 12.0. The van der Waals surface area contributed by atoms with Gasteiger partial charge in [0.05, 0.1) is 18.9 Å². The molecule has 0 saturated heterocycles. The molecule has 0 aromatic heterocycles. The van der Waals surface area contributed by atoms with Gasteiger partial charge in [-0.25, -0.2) is 4.39 Å². The molecule has 0 radical (unpaired) electrons. The molecular weight excluding hydrogens is 363 g/mol. The fourth-order valence-corrected chi connectivity index (χ4v) is 3.57. The topological polar surface area (TPSA) is 35.5 Å². The lowest BCUT2D eigenvalue weighted by atomic mass is 9.87. The first kappa shape index (κ1) is 16.0. The van der Waals surface area contributed by atoms with Gasteiger partial charge in [-0.05, 0) is 46.6 Å². The number of benzene rings is 1. The molecule has 120 valence electrons. The number of carbonyl (C=O) groups excluding carboxylic acids is 1. The fraction of sp³-hybridized carbons (Fsp3) is 0.278. The molecule has 2 aliphatic rings. The Balaban J connectivity index is 1.98. The monoisotopic (exact) mass is 378 g/mol. The number of ether oxygens (including phenoxy) is 2. The summed E-state index contributed by atoms with van der Waals surface area (Å²) in [7, 11) is 0. The first-order chi connectivity index (χ1) is 11.0. The highest BCUT2D eigenvalue weighted by atomic mass is 79.9. The van der Waals surface area contributed by atoms with Crippen LogP contribution in [0.4, 0.5) is 4.39 Å². The minimum absolute atomic E-state index is 0.0456. The van der Waals surface area contributed by atoms with E-state index in [1.807, 2.05) is 24.3 Å². The summed E-state index contributed by atoms with van der Waals surface area (Å²) in [6.07, 6.45) is 7.77. The SMILES string of the molecule is CCOC(=O)CC1(Br)OC2=CC=CC2=CC1c1ccc(F)cc1. The van der Waals surface area contributed by atoms with E-state index in [0.29, 0.717) is 12.4 Å². The van der Waals surface area contributed by atoms with Crippen molar-refractivity contribution < 1.29 is 18.7 Å². The van der Waals surface area contributed by atoms with Crippen molar-refractivity contribution in [1.29, 1.82) is 0 Å².